The number of nitrogens with zero attached hydrogens (tertiary/aromatic N) is 1. The Morgan fingerprint density at radius 3 is 2.63 bits per heavy atom. The van der Waals surface area contributed by atoms with E-state index in [-0.39, 0.29) is 11.7 Å². The van der Waals surface area contributed by atoms with Gasteiger partial charge in [0.05, 0.1) is 8.95 Å². The van der Waals surface area contributed by atoms with Crippen LogP contribution in [0.1, 0.15) is 18.4 Å². The van der Waals surface area contributed by atoms with Gasteiger partial charge in [0.2, 0.25) is 5.91 Å². The van der Waals surface area contributed by atoms with Gasteiger partial charge in [-0.3, -0.25) is 4.79 Å². The summed E-state index contributed by atoms with van der Waals surface area (Å²) in [6.07, 6.45) is 1.49. The summed E-state index contributed by atoms with van der Waals surface area (Å²) >= 11 is 6.64. The zero-order valence-electron chi connectivity index (χ0n) is 10.6. The van der Waals surface area contributed by atoms with Crippen molar-refractivity contribution in [2.45, 2.75) is 25.4 Å². The molecule has 1 unspecified atom stereocenters. The zero-order valence-corrected chi connectivity index (χ0v) is 13.8. The van der Waals surface area contributed by atoms with Crippen molar-refractivity contribution in [3.63, 3.8) is 0 Å². The summed E-state index contributed by atoms with van der Waals surface area (Å²) in [5, 5.41) is 13.1. The van der Waals surface area contributed by atoms with Crippen LogP contribution in [0.5, 0.6) is 5.75 Å². The minimum atomic E-state index is 0.215. The third-order valence-electron chi connectivity index (χ3n) is 3.30. The Morgan fingerprint density at radius 2 is 2.05 bits per heavy atom. The van der Waals surface area contributed by atoms with Gasteiger partial charge in [-0.1, -0.05) is 0 Å². The van der Waals surface area contributed by atoms with E-state index in [9.17, 15) is 9.90 Å². The molecule has 19 heavy (non-hydrogen) atoms. The number of phenols is 1. The van der Waals surface area contributed by atoms with E-state index in [1.807, 2.05) is 19.2 Å². The van der Waals surface area contributed by atoms with E-state index in [1.54, 1.807) is 4.90 Å². The molecule has 104 valence electrons. The Balaban J connectivity index is 1.94. The molecule has 1 fully saturated rings. The number of carbonyl (C=O) groups excluding carboxylic acids is 1. The maximum atomic E-state index is 11.4. The number of hydrogen-bond acceptors (Lipinski definition) is 3. The summed E-state index contributed by atoms with van der Waals surface area (Å²) in [5.41, 5.74) is 1.08. The summed E-state index contributed by atoms with van der Waals surface area (Å²) < 4.78 is 1.35. The van der Waals surface area contributed by atoms with Crippen LogP contribution in [0.3, 0.4) is 0 Å². The number of amides is 1. The van der Waals surface area contributed by atoms with Gasteiger partial charge >= 0.3 is 0 Å². The van der Waals surface area contributed by atoms with E-state index in [2.05, 4.69) is 37.2 Å². The molecule has 1 aliphatic heterocycles. The predicted octanol–water partition coefficient (Wildman–Crippen LogP) is 2.63. The second-order valence-electron chi connectivity index (χ2n) is 4.80. The number of carbonyl (C=O) groups is 1. The zero-order chi connectivity index (χ0) is 14.0. The van der Waals surface area contributed by atoms with Crippen molar-refractivity contribution < 1.29 is 9.90 Å². The molecular weight excluding hydrogens is 376 g/mol. The van der Waals surface area contributed by atoms with Crippen molar-refractivity contribution in [2.24, 2.45) is 0 Å². The Hall–Kier alpha value is -0.590. The van der Waals surface area contributed by atoms with Gasteiger partial charge in [-0.05, 0) is 56.0 Å². The molecule has 2 N–H and O–H groups in total. The molecule has 4 nitrogen and oxygen atoms in total. The van der Waals surface area contributed by atoms with Crippen LogP contribution >= 0.6 is 31.9 Å². The molecule has 1 aromatic rings. The number of benzene rings is 1. The second kappa shape index (κ2) is 6.24. The van der Waals surface area contributed by atoms with E-state index in [4.69, 9.17) is 0 Å². The fourth-order valence-electron chi connectivity index (χ4n) is 2.16. The number of likely N-dealkylation sites (N-methyl/N-ethyl adjacent to an activating group) is 1. The molecule has 0 aromatic heterocycles. The van der Waals surface area contributed by atoms with Crippen LogP contribution < -0.4 is 5.32 Å². The molecule has 1 aliphatic rings. The lowest BCUT2D eigenvalue weighted by Gasteiger charge is -2.30. The normalized spacial score (nSPS) is 19.8. The molecule has 1 amide bonds. The van der Waals surface area contributed by atoms with Crippen molar-refractivity contribution in [3.05, 3.63) is 26.6 Å². The van der Waals surface area contributed by atoms with Crippen LogP contribution in [0.15, 0.2) is 21.1 Å². The topological polar surface area (TPSA) is 52.6 Å². The van der Waals surface area contributed by atoms with Crippen molar-refractivity contribution in [1.29, 1.82) is 0 Å². The summed E-state index contributed by atoms with van der Waals surface area (Å²) in [5.74, 6) is 0.430. The quantitative estimate of drug-likeness (QED) is 0.832. The number of rotatable bonds is 3. The molecule has 0 saturated carbocycles. The summed E-state index contributed by atoms with van der Waals surface area (Å²) in [4.78, 5) is 13.2. The first-order valence-corrected chi connectivity index (χ1v) is 7.70. The van der Waals surface area contributed by atoms with Gasteiger partial charge in [0.1, 0.15) is 5.75 Å². The van der Waals surface area contributed by atoms with Gasteiger partial charge in [0.15, 0.2) is 0 Å². The van der Waals surface area contributed by atoms with E-state index < -0.39 is 0 Å². The van der Waals surface area contributed by atoms with E-state index >= 15 is 0 Å². The van der Waals surface area contributed by atoms with Crippen LogP contribution in [0.2, 0.25) is 0 Å². The first kappa shape index (κ1) is 14.8. The fourth-order valence-corrected chi connectivity index (χ4v) is 3.44. The van der Waals surface area contributed by atoms with E-state index in [0.717, 1.165) is 18.5 Å². The van der Waals surface area contributed by atoms with Crippen LogP contribution in [0.4, 0.5) is 0 Å². The standard InChI is InChI=1S/C13H16Br2N2O2/c1-17-7-9(2-3-12(17)18)16-6-8-4-10(14)13(19)11(15)5-8/h4-5,9,16,19H,2-3,6-7H2,1H3. The van der Waals surface area contributed by atoms with E-state index in [0.29, 0.717) is 28.0 Å². The van der Waals surface area contributed by atoms with E-state index in [1.165, 1.54) is 0 Å². The van der Waals surface area contributed by atoms with Gasteiger partial charge < -0.3 is 15.3 Å². The maximum Gasteiger partial charge on any atom is 0.222 e. The number of hydrogen-bond donors (Lipinski definition) is 2. The molecule has 1 atom stereocenters. The summed E-state index contributed by atoms with van der Waals surface area (Å²) in [6.45, 7) is 1.46. The Morgan fingerprint density at radius 1 is 1.42 bits per heavy atom. The number of nitrogens with one attached hydrogen (secondary N) is 1. The highest BCUT2D eigenvalue weighted by atomic mass is 79.9. The van der Waals surface area contributed by atoms with Gasteiger partial charge in [-0.15, -0.1) is 0 Å². The minimum absolute atomic E-state index is 0.215. The largest absolute Gasteiger partial charge is 0.506 e. The molecule has 6 heteroatoms. The van der Waals surface area contributed by atoms with Crippen molar-refractivity contribution in [2.75, 3.05) is 13.6 Å². The Labute approximate surface area is 129 Å². The smallest absolute Gasteiger partial charge is 0.222 e. The van der Waals surface area contributed by atoms with Crippen LogP contribution in [-0.2, 0) is 11.3 Å². The summed E-state index contributed by atoms with van der Waals surface area (Å²) in [6, 6.07) is 4.12. The van der Waals surface area contributed by atoms with Crippen LogP contribution in [-0.4, -0.2) is 35.5 Å². The van der Waals surface area contributed by atoms with Crippen molar-refractivity contribution in [1.82, 2.24) is 10.2 Å². The second-order valence-corrected chi connectivity index (χ2v) is 6.51. The molecule has 1 aromatic carbocycles. The first-order valence-electron chi connectivity index (χ1n) is 6.11. The number of halogens is 2. The molecule has 0 aliphatic carbocycles. The SMILES string of the molecule is CN1CC(NCc2cc(Br)c(O)c(Br)c2)CCC1=O. The molecule has 0 spiro atoms. The van der Waals surface area contributed by atoms with Crippen molar-refractivity contribution >= 4 is 37.8 Å². The van der Waals surface area contributed by atoms with Crippen LogP contribution in [0.25, 0.3) is 0 Å². The predicted molar refractivity (Wildman–Crippen MR) is 81.0 cm³/mol. The molecule has 1 heterocycles. The highest BCUT2D eigenvalue weighted by molar-refractivity contribution is 9.11. The van der Waals surface area contributed by atoms with Gasteiger partial charge in [-0.25, -0.2) is 0 Å². The lowest BCUT2D eigenvalue weighted by molar-refractivity contribution is -0.132. The average molecular weight is 392 g/mol. The van der Waals surface area contributed by atoms with Gasteiger partial charge in [-0.2, -0.15) is 0 Å². The number of phenolic OH excluding ortho intramolecular Hbond substituents is 1. The highest BCUT2D eigenvalue weighted by Crippen LogP contribution is 2.33. The minimum Gasteiger partial charge on any atom is -0.506 e. The number of piperidine rings is 1. The highest BCUT2D eigenvalue weighted by Gasteiger charge is 2.22. The lowest BCUT2D eigenvalue weighted by atomic mass is 10.1. The molecule has 0 radical (unpaired) electrons. The Kier molecular flexibility index (Phi) is 4.86. The molecule has 2 rings (SSSR count). The average Bonchev–Trinajstić information content (AvgIpc) is 2.37. The van der Waals surface area contributed by atoms with Gasteiger partial charge in [0.25, 0.3) is 0 Å². The molecule has 1 saturated heterocycles. The molecular formula is C13H16Br2N2O2. The number of aromatic hydroxyl groups is 1. The van der Waals surface area contributed by atoms with Gasteiger partial charge in [0, 0.05) is 32.6 Å². The lowest BCUT2D eigenvalue weighted by Crippen LogP contribution is -2.46. The third kappa shape index (κ3) is 3.70. The third-order valence-corrected chi connectivity index (χ3v) is 4.51. The Bertz CT molecular complexity index is 471. The fraction of sp³-hybridized carbons (Fsp3) is 0.462. The monoisotopic (exact) mass is 390 g/mol. The maximum absolute atomic E-state index is 11.4. The van der Waals surface area contributed by atoms with Crippen LogP contribution in [0, 0.1) is 0 Å². The number of likely N-dealkylation sites (tertiary alicyclic amines) is 1. The summed E-state index contributed by atoms with van der Waals surface area (Å²) in [7, 11) is 1.84. The first-order chi connectivity index (χ1) is 8.97. The molecule has 0 bridgehead atoms. The van der Waals surface area contributed by atoms with Crippen molar-refractivity contribution in [3.8, 4) is 5.75 Å².